The van der Waals surface area contributed by atoms with E-state index in [1.165, 1.54) is 6.20 Å². The van der Waals surface area contributed by atoms with E-state index in [9.17, 15) is 4.79 Å². The van der Waals surface area contributed by atoms with Crippen LogP contribution in [0.5, 0.6) is 5.75 Å². The third-order valence-electron chi connectivity index (χ3n) is 3.93. The second-order valence-electron chi connectivity index (χ2n) is 5.81. The molecule has 6 heteroatoms. The fourth-order valence-corrected chi connectivity index (χ4v) is 2.44. The molecule has 1 amide bonds. The van der Waals surface area contributed by atoms with Crippen molar-refractivity contribution in [2.45, 2.75) is 6.54 Å². The molecule has 0 aliphatic carbocycles. The van der Waals surface area contributed by atoms with E-state index in [1.54, 1.807) is 43.6 Å². The molecule has 3 aromatic rings. The average molecular weight is 358 g/mol. The lowest BCUT2D eigenvalue weighted by molar-refractivity contribution is 0.102. The van der Waals surface area contributed by atoms with Crippen LogP contribution in [-0.2, 0) is 6.54 Å². The Hall–Kier alpha value is -3.85. The Bertz CT molecular complexity index is 961. The van der Waals surface area contributed by atoms with E-state index in [1.807, 2.05) is 30.3 Å². The van der Waals surface area contributed by atoms with Gasteiger partial charge in [0.2, 0.25) is 0 Å². The summed E-state index contributed by atoms with van der Waals surface area (Å²) in [6, 6.07) is 18.2. The number of nitrogens with one attached hydrogen (secondary N) is 2. The summed E-state index contributed by atoms with van der Waals surface area (Å²) in [5.41, 5.74) is 3.44. The van der Waals surface area contributed by atoms with Crippen LogP contribution in [0, 0.1) is 11.3 Å². The summed E-state index contributed by atoms with van der Waals surface area (Å²) in [7, 11) is 1.63. The van der Waals surface area contributed by atoms with Gasteiger partial charge in [0.25, 0.3) is 5.91 Å². The van der Waals surface area contributed by atoms with Gasteiger partial charge in [0.15, 0.2) is 0 Å². The van der Waals surface area contributed by atoms with Gasteiger partial charge in [-0.3, -0.25) is 9.78 Å². The van der Waals surface area contributed by atoms with Crippen LogP contribution in [0.1, 0.15) is 21.5 Å². The minimum atomic E-state index is -0.264. The Morgan fingerprint density at radius 3 is 2.48 bits per heavy atom. The quantitative estimate of drug-likeness (QED) is 0.699. The highest BCUT2D eigenvalue weighted by molar-refractivity contribution is 6.04. The fraction of sp³-hybridized carbons (Fsp3) is 0.0952. The summed E-state index contributed by atoms with van der Waals surface area (Å²) >= 11 is 0. The molecule has 0 bridgehead atoms. The van der Waals surface area contributed by atoms with Gasteiger partial charge in [0.1, 0.15) is 5.75 Å². The zero-order valence-corrected chi connectivity index (χ0v) is 14.8. The molecule has 0 fully saturated rings. The standard InChI is InChI=1S/C21H18N4O2/c1-27-20-8-4-16(5-9-20)12-24-19-10-17(13-23-14-19)21(26)25-18-6-2-15(11-22)3-7-18/h2-10,13-14,24H,12H2,1H3,(H,25,26). The smallest absolute Gasteiger partial charge is 0.257 e. The number of hydrogen-bond donors (Lipinski definition) is 2. The Balaban J connectivity index is 1.63. The molecule has 1 aromatic heterocycles. The van der Waals surface area contributed by atoms with Crippen molar-refractivity contribution in [3.63, 3.8) is 0 Å². The fourth-order valence-electron chi connectivity index (χ4n) is 2.44. The minimum absolute atomic E-state index is 0.264. The maximum atomic E-state index is 12.4. The predicted molar refractivity (Wildman–Crippen MR) is 104 cm³/mol. The lowest BCUT2D eigenvalue weighted by Crippen LogP contribution is -2.12. The average Bonchev–Trinajstić information content (AvgIpc) is 2.73. The van der Waals surface area contributed by atoms with E-state index in [0.29, 0.717) is 23.4 Å². The summed E-state index contributed by atoms with van der Waals surface area (Å²) in [6.07, 6.45) is 3.18. The van der Waals surface area contributed by atoms with Crippen LogP contribution in [-0.4, -0.2) is 18.0 Å². The summed E-state index contributed by atoms with van der Waals surface area (Å²) in [5, 5.41) is 14.9. The number of methoxy groups -OCH3 is 1. The van der Waals surface area contributed by atoms with Gasteiger partial charge < -0.3 is 15.4 Å². The number of nitrogens with zero attached hydrogens (tertiary/aromatic N) is 2. The number of anilines is 2. The van der Waals surface area contributed by atoms with Crippen molar-refractivity contribution >= 4 is 17.3 Å². The maximum absolute atomic E-state index is 12.4. The van der Waals surface area contributed by atoms with E-state index in [0.717, 1.165) is 17.0 Å². The summed E-state index contributed by atoms with van der Waals surface area (Å²) in [4.78, 5) is 16.5. The molecule has 0 saturated heterocycles. The third-order valence-corrected chi connectivity index (χ3v) is 3.93. The highest BCUT2D eigenvalue weighted by atomic mass is 16.5. The summed E-state index contributed by atoms with van der Waals surface area (Å²) < 4.78 is 5.15. The molecule has 0 saturated carbocycles. The number of carbonyl (C=O) groups is 1. The number of aromatic nitrogens is 1. The van der Waals surface area contributed by atoms with Crippen molar-refractivity contribution in [3.8, 4) is 11.8 Å². The Kier molecular flexibility index (Phi) is 5.65. The van der Waals surface area contributed by atoms with Crippen molar-refractivity contribution in [1.82, 2.24) is 4.98 Å². The van der Waals surface area contributed by atoms with Crippen LogP contribution in [0.2, 0.25) is 0 Å². The van der Waals surface area contributed by atoms with Crippen LogP contribution in [0.4, 0.5) is 11.4 Å². The Morgan fingerprint density at radius 1 is 1.07 bits per heavy atom. The van der Waals surface area contributed by atoms with Gasteiger partial charge in [-0.1, -0.05) is 12.1 Å². The monoisotopic (exact) mass is 358 g/mol. The zero-order chi connectivity index (χ0) is 19.1. The number of pyridine rings is 1. The van der Waals surface area contributed by atoms with E-state index in [4.69, 9.17) is 10.00 Å². The van der Waals surface area contributed by atoms with Crippen molar-refractivity contribution < 1.29 is 9.53 Å². The number of rotatable bonds is 6. The van der Waals surface area contributed by atoms with Gasteiger partial charge in [0, 0.05) is 24.6 Å². The molecule has 0 unspecified atom stereocenters. The molecule has 1 heterocycles. The first-order chi connectivity index (χ1) is 13.2. The highest BCUT2D eigenvalue weighted by Crippen LogP contribution is 2.15. The molecule has 0 aliphatic heterocycles. The van der Waals surface area contributed by atoms with Crippen molar-refractivity contribution in [2.24, 2.45) is 0 Å². The lowest BCUT2D eigenvalue weighted by Gasteiger charge is -2.09. The highest BCUT2D eigenvalue weighted by Gasteiger charge is 2.08. The normalized spacial score (nSPS) is 9.93. The molecule has 0 atom stereocenters. The SMILES string of the molecule is COc1ccc(CNc2cncc(C(=O)Nc3ccc(C#N)cc3)c2)cc1. The molecule has 3 rings (SSSR count). The second kappa shape index (κ2) is 8.50. The first-order valence-electron chi connectivity index (χ1n) is 8.31. The summed E-state index contributed by atoms with van der Waals surface area (Å²) in [6.45, 7) is 0.604. The predicted octanol–water partition coefficient (Wildman–Crippen LogP) is 3.83. The number of carbonyl (C=O) groups excluding carboxylic acids is 1. The van der Waals surface area contributed by atoms with Crippen molar-refractivity contribution in [3.05, 3.63) is 83.7 Å². The van der Waals surface area contributed by atoms with E-state index >= 15 is 0 Å². The largest absolute Gasteiger partial charge is 0.497 e. The van der Waals surface area contributed by atoms with Crippen LogP contribution < -0.4 is 15.4 Å². The number of hydrogen-bond acceptors (Lipinski definition) is 5. The molecule has 27 heavy (non-hydrogen) atoms. The number of nitriles is 1. The van der Waals surface area contributed by atoms with Crippen LogP contribution in [0.3, 0.4) is 0 Å². The van der Waals surface area contributed by atoms with E-state index in [-0.39, 0.29) is 5.91 Å². The van der Waals surface area contributed by atoms with Crippen LogP contribution >= 0.6 is 0 Å². The maximum Gasteiger partial charge on any atom is 0.257 e. The van der Waals surface area contributed by atoms with E-state index in [2.05, 4.69) is 15.6 Å². The number of amides is 1. The topological polar surface area (TPSA) is 87.0 Å². The zero-order valence-electron chi connectivity index (χ0n) is 14.8. The molecule has 6 nitrogen and oxygen atoms in total. The molecular formula is C21H18N4O2. The van der Waals surface area contributed by atoms with Gasteiger partial charge in [-0.15, -0.1) is 0 Å². The lowest BCUT2D eigenvalue weighted by atomic mass is 10.2. The first kappa shape index (κ1) is 18.0. The van der Waals surface area contributed by atoms with Gasteiger partial charge in [0.05, 0.1) is 30.0 Å². The summed E-state index contributed by atoms with van der Waals surface area (Å²) in [5.74, 6) is 0.544. The molecule has 2 aromatic carbocycles. The Morgan fingerprint density at radius 2 is 1.81 bits per heavy atom. The van der Waals surface area contributed by atoms with Gasteiger partial charge in [-0.05, 0) is 48.0 Å². The Labute approximate surface area is 157 Å². The number of benzene rings is 2. The third kappa shape index (κ3) is 4.83. The van der Waals surface area contributed by atoms with Gasteiger partial charge in [-0.2, -0.15) is 5.26 Å². The number of ether oxygens (including phenoxy) is 1. The molecular weight excluding hydrogens is 340 g/mol. The molecule has 2 N–H and O–H groups in total. The van der Waals surface area contributed by atoms with Crippen LogP contribution in [0.15, 0.2) is 67.0 Å². The van der Waals surface area contributed by atoms with Crippen molar-refractivity contribution in [1.29, 1.82) is 5.26 Å². The van der Waals surface area contributed by atoms with Crippen LogP contribution in [0.25, 0.3) is 0 Å². The molecule has 134 valence electrons. The minimum Gasteiger partial charge on any atom is -0.497 e. The van der Waals surface area contributed by atoms with E-state index < -0.39 is 0 Å². The molecule has 0 aliphatic rings. The van der Waals surface area contributed by atoms with Crippen molar-refractivity contribution in [2.75, 3.05) is 17.7 Å². The molecule has 0 radical (unpaired) electrons. The van der Waals surface area contributed by atoms with Gasteiger partial charge in [-0.25, -0.2) is 0 Å². The van der Waals surface area contributed by atoms with Gasteiger partial charge >= 0.3 is 0 Å². The second-order valence-corrected chi connectivity index (χ2v) is 5.81. The molecule has 0 spiro atoms. The first-order valence-corrected chi connectivity index (χ1v) is 8.31.